The number of hydrogen-bond donors (Lipinski definition) is 3. The second kappa shape index (κ2) is 12.5. The first-order chi connectivity index (χ1) is 16.0. The van der Waals surface area contributed by atoms with Crippen LogP contribution in [-0.2, 0) is 15.3 Å². The number of hydrogen-bond acceptors (Lipinski definition) is 5. The number of carbonyl (C=O) groups excluding carboxylic acids is 3. The highest BCUT2D eigenvalue weighted by Crippen LogP contribution is 2.24. The summed E-state index contributed by atoms with van der Waals surface area (Å²) in [5.41, 5.74) is 6.19. The van der Waals surface area contributed by atoms with E-state index in [9.17, 15) is 14.4 Å². The Morgan fingerprint density at radius 3 is 2.42 bits per heavy atom. The summed E-state index contributed by atoms with van der Waals surface area (Å²) in [6.45, 7) is 0.128. The van der Waals surface area contributed by atoms with Crippen molar-refractivity contribution in [3.8, 4) is 0 Å². The molecule has 9 heteroatoms. The fourth-order valence-electron chi connectivity index (χ4n) is 2.61. The molecule has 0 aliphatic heterocycles. The lowest BCUT2D eigenvalue weighted by Crippen LogP contribution is -2.42. The zero-order valence-corrected chi connectivity index (χ0v) is 19.1. The van der Waals surface area contributed by atoms with Crippen molar-refractivity contribution in [1.82, 2.24) is 16.2 Å². The van der Waals surface area contributed by atoms with Gasteiger partial charge in [0.2, 0.25) is 11.8 Å². The van der Waals surface area contributed by atoms with Gasteiger partial charge in [0.25, 0.3) is 5.91 Å². The van der Waals surface area contributed by atoms with Crippen LogP contribution >= 0.6 is 23.4 Å². The average molecular weight is 484 g/mol. The van der Waals surface area contributed by atoms with Crippen molar-refractivity contribution < 1.29 is 18.8 Å². The Balaban J connectivity index is 1.34. The van der Waals surface area contributed by atoms with Crippen LogP contribution in [0.5, 0.6) is 0 Å². The minimum atomic E-state index is -0.425. The first kappa shape index (κ1) is 24.2. The Hall–Kier alpha value is -3.49. The van der Waals surface area contributed by atoms with Crippen LogP contribution in [0.1, 0.15) is 28.1 Å². The molecule has 0 aliphatic rings. The molecule has 1 heterocycles. The minimum absolute atomic E-state index is 0.0153. The van der Waals surface area contributed by atoms with Gasteiger partial charge in [-0.1, -0.05) is 23.7 Å². The van der Waals surface area contributed by atoms with Crippen molar-refractivity contribution in [2.75, 3.05) is 6.54 Å². The molecule has 33 heavy (non-hydrogen) atoms. The Labute approximate surface area is 200 Å². The standard InChI is InChI=1S/C24H22ClN3O4S/c25-19-7-10-21(11-8-19)33-16-17-3-5-18(6-4-17)24(31)28-27-23(30)13-14-26-22(29)12-9-20-2-1-15-32-20/h1-12,15H,13-14,16H2,(H,26,29)(H,27,30)(H,28,31)/b12-9+. The van der Waals surface area contributed by atoms with Gasteiger partial charge in [0.05, 0.1) is 6.26 Å². The summed E-state index contributed by atoms with van der Waals surface area (Å²) < 4.78 is 5.08. The third-order valence-electron chi connectivity index (χ3n) is 4.34. The van der Waals surface area contributed by atoms with Gasteiger partial charge in [0.1, 0.15) is 5.76 Å². The van der Waals surface area contributed by atoms with E-state index in [1.165, 1.54) is 18.4 Å². The van der Waals surface area contributed by atoms with E-state index >= 15 is 0 Å². The molecule has 170 valence electrons. The van der Waals surface area contributed by atoms with E-state index in [4.69, 9.17) is 16.0 Å². The lowest BCUT2D eigenvalue weighted by molar-refractivity contribution is -0.122. The molecule has 0 radical (unpaired) electrons. The van der Waals surface area contributed by atoms with Crippen LogP contribution in [0.2, 0.25) is 5.02 Å². The number of benzene rings is 2. The van der Waals surface area contributed by atoms with Gasteiger partial charge in [-0.15, -0.1) is 11.8 Å². The van der Waals surface area contributed by atoms with Crippen LogP contribution in [0.3, 0.4) is 0 Å². The third kappa shape index (κ3) is 8.51. The van der Waals surface area contributed by atoms with E-state index in [0.29, 0.717) is 16.3 Å². The highest BCUT2D eigenvalue weighted by atomic mass is 35.5. The first-order valence-electron chi connectivity index (χ1n) is 10.1. The molecular weight excluding hydrogens is 462 g/mol. The Morgan fingerprint density at radius 2 is 1.73 bits per heavy atom. The van der Waals surface area contributed by atoms with E-state index in [1.54, 1.807) is 36.0 Å². The molecule has 2 aromatic carbocycles. The Morgan fingerprint density at radius 1 is 0.970 bits per heavy atom. The highest BCUT2D eigenvalue weighted by molar-refractivity contribution is 7.98. The van der Waals surface area contributed by atoms with Crippen molar-refractivity contribution in [2.45, 2.75) is 17.1 Å². The first-order valence-corrected chi connectivity index (χ1v) is 11.4. The topological polar surface area (TPSA) is 100 Å². The predicted octanol–water partition coefficient (Wildman–Crippen LogP) is 4.21. The fraction of sp³-hybridized carbons (Fsp3) is 0.125. The van der Waals surface area contributed by atoms with Crippen molar-refractivity contribution in [2.24, 2.45) is 0 Å². The zero-order chi connectivity index (χ0) is 23.5. The molecule has 7 nitrogen and oxygen atoms in total. The van der Waals surface area contributed by atoms with Crippen LogP contribution in [0.25, 0.3) is 6.08 Å². The van der Waals surface area contributed by atoms with Gasteiger partial charge in [-0.2, -0.15) is 0 Å². The molecule has 3 aromatic rings. The maximum atomic E-state index is 12.2. The second-order valence-electron chi connectivity index (χ2n) is 6.83. The van der Waals surface area contributed by atoms with Gasteiger partial charge in [-0.25, -0.2) is 0 Å². The van der Waals surface area contributed by atoms with E-state index < -0.39 is 11.8 Å². The highest BCUT2D eigenvalue weighted by Gasteiger charge is 2.08. The number of amides is 3. The zero-order valence-electron chi connectivity index (χ0n) is 17.5. The molecule has 0 spiro atoms. The van der Waals surface area contributed by atoms with E-state index in [-0.39, 0.29) is 18.9 Å². The molecule has 1 aromatic heterocycles. The normalized spacial score (nSPS) is 10.7. The van der Waals surface area contributed by atoms with E-state index in [1.807, 2.05) is 36.4 Å². The van der Waals surface area contributed by atoms with Crippen molar-refractivity contribution >= 4 is 47.2 Å². The SMILES string of the molecule is O=C(/C=C/c1ccco1)NCCC(=O)NNC(=O)c1ccc(CSc2ccc(Cl)cc2)cc1. The molecule has 0 saturated carbocycles. The number of thioether (sulfide) groups is 1. The maximum absolute atomic E-state index is 12.2. The summed E-state index contributed by atoms with van der Waals surface area (Å²) in [5, 5.41) is 3.28. The second-order valence-corrected chi connectivity index (χ2v) is 8.32. The molecule has 3 rings (SSSR count). The summed E-state index contributed by atoms with van der Waals surface area (Å²) in [4.78, 5) is 36.9. The largest absolute Gasteiger partial charge is 0.465 e. The summed E-state index contributed by atoms with van der Waals surface area (Å²) in [6, 6.07) is 18.2. The van der Waals surface area contributed by atoms with Crippen LogP contribution < -0.4 is 16.2 Å². The average Bonchev–Trinajstić information content (AvgIpc) is 3.35. The predicted molar refractivity (Wildman–Crippen MR) is 128 cm³/mol. The van der Waals surface area contributed by atoms with Crippen molar-refractivity contribution in [3.05, 3.63) is 94.9 Å². The summed E-state index contributed by atoms with van der Waals surface area (Å²) >= 11 is 7.56. The monoisotopic (exact) mass is 483 g/mol. The minimum Gasteiger partial charge on any atom is -0.465 e. The molecule has 3 amide bonds. The quantitative estimate of drug-likeness (QED) is 0.240. The lowest BCUT2D eigenvalue weighted by Gasteiger charge is -2.08. The lowest BCUT2D eigenvalue weighted by atomic mass is 10.1. The van der Waals surface area contributed by atoms with Gasteiger partial charge in [-0.05, 0) is 60.2 Å². The van der Waals surface area contributed by atoms with Gasteiger partial charge in [0.15, 0.2) is 0 Å². The third-order valence-corrected chi connectivity index (χ3v) is 5.68. The van der Waals surface area contributed by atoms with Crippen LogP contribution in [0, 0.1) is 0 Å². The molecule has 0 atom stereocenters. The number of rotatable bonds is 9. The van der Waals surface area contributed by atoms with Crippen LogP contribution in [-0.4, -0.2) is 24.3 Å². The van der Waals surface area contributed by atoms with Gasteiger partial charge in [0, 0.05) is 40.3 Å². The van der Waals surface area contributed by atoms with E-state index in [0.717, 1.165) is 16.2 Å². The van der Waals surface area contributed by atoms with Crippen molar-refractivity contribution in [1.29, 1.82) is 0 Å². The number of halogens is 1. The number of carbonyl (C=O) groups is 3. The number of hydrazine groups is 1. The van der Waals surface area contributed by atoms with E-state index in [2.05, 4.69) is 16.2 Å². The Bertz CT molecular complexity index is 1100. The molecule has 0 unspecified atom stereocenters. The maximum Gasteiger partial charge on any atom is 0.269 e. The Kier molecular flexibility index (Phi) is 9.17. The number of nitrogens with one attached hydrogen (secondary N) is 3. The van der Waals surface area contributed by atoms with Crippen LogP contribution in [0.4, 0.5) is 0 Å². The summed E-state index contributed by atoms with van der Waals surface area (Å²) in [5.74, 6) is 0.111. The summed E-state index contributed by atoms with van der Waals surface area (Å²) in [6.07, 6.45) is 4.36. The van der Waals surface area contributed by atoms with Crippen molar-refractivity contribution in [3.63, 3.8) is 0 Å². The molecule has 0 aliphatic carbocycles. The molecule has 3 N–H and O–H groups in total. The van der Waals surface area contributed by atoms with Crippen LogP contribution in [0.15, 0.2) is 82.3 Å². The number of furan rings is 1. The van der Waals surface area contributed by atoms with Gasteiger partial charge < -0.3 is 9.73 Å². The molecule has 0 saturated heterocycles. The van der Waals surface area contributed by atoms with Gasteiger partial charge in [-0.3, -0.25) is 25.2 Å². The summed E-state index contributed by atoms with van der Waals surface area (Å²) in [7, 11) is 0. The fourth-order valence-corrected chi connectivity index (χ4v) is 3.59. The van der Waals surface area contributed by atoms with Gasteiger partial charge >= 0.3 is 0 Å². The molecule has 0 fully saturated rings. The smallest absolute Gasteiger partial charge is 0.269 e. The molecular formula is C24H22ClN3O4S. The molecule has 0 bridgehead atoms.